The molecule has 108 valence electrons. The molecule has 3 rings (SSSR count). The number of piperidine rings is 1. The Balaban J connectivity index is 1.88. The van der Waals surface area contributed by atoms with Crippen molar-refractivity contribution in [3.8, 4) is 0 Å². The minimum absolute atomic E-state index is 0.0559. The highest BCUT2D eigenvalue weighted by Gasteiger charge is 2.53. The van der Waals surface area contributed by atoms with E-state index in [0.29, 0.717) is 13.0 Å². The number of carbonyl (C=O) groups is 1. The number of hydrogen-bond acceptors (Lipinski definition) is 5. The molecule has 2 fully saturated rings. The first-order chi connectivity index (χ1) is 9.59. The van der Waals surface area contributed by atoms with Crippen molar-refractivity contribution < 1.29 is 19.7 Å². The van der Waals surface area contributed by atoms with Crippen molar-refractivity contribution in [3.63, 3.8) is 0 Å². The van der Waals surface area contributed by atoms with Crippen LogP contribution in [0.4, 0.5) is 0 Å². The molecule has 0 amide bonds. The van der Waals surface area contributed by atoms with E-state index in [2.05, 4.69) is 4.90 Å². The van der Waals surface area contributed by atoms with E-state index in [0.717, 1.165) is 5.56 Å². The summed E-state index contributed by atoms with van der Waals surface area (Å²) in [5, 5.41) is 20.0. The van der Waals surface area contributed by atoms with Crippen LogP contribution in [0.3, 0.4) is 0 Å². The molecule has 0 aromatic heterocycles. The van der Waals surface area contributed by atoms with E-state index in [1.807, 2.05) is 37.3 Å². The van der Waals surface area contributed by atoms with Crippen LogP contribution in [0, 0.1) is 0 Å². The van der Waals surface area contributed by atoms with Crippen LogP contribution < -0.4 is 0 Å². The molecule has 0 unspecified atom stereocenters. The SMILES string of the molecule is C[C@H](c1ccccc1)N1CC[C@@H](O)[C@@H]2OC(=O)[C@H](O)[C@@H]21. The van der Waals surface area contributed by atoms with Crippen LogP contribution in [-0.4, -0.2) is 52.0 Å². The van der Waals surface area contributed by atoms with Gasteiger partial charge in [0.2, 0.25) is 0 Å². The lowest BCUT2D eigenvalue weighted by Gasteiger charge is -2.42. The normalized spacial score (nSPS) is 35.5. The van der Waals surface area contributed by atoms with Crippen molar-refractivity contribution in [1.29, 1.82) is 0 Å². The van der Waals surface area contributed by atoms with Crippen LogP contribution >= 0.6 is 0 Å². The predicted octanol–water partition coefficient (Wildman–Crippen LogP) is 0.469. The number of hydrogen-bond donors (Lipinski definition) is 2. The van der Waals surface area contributed by atoms with Crippen LogP contribution in [0.5, 0.6) is 0 Å². The lowest BCUT2D eigenvalue weighted by Crippen LogP contribution is -2.56. The van der Waals surface area contributed by atoms with Crippen molar-refractivity contribution in [2.24, 2.45) is 0 Å². The Morgan fingerprint density at radius 2 is 2.00 bits per heavy atom. The second kappa shape index (κ2) is 5.16. The molecule has 0 radical (unpaired) electrons. The molecular formula is C15H19NO4. The number of fused-ring (bicyclic) bond motifs is 1. The summed E-state index contributed by atoms with van der Waals surface area (Å²) in [6.45, 7) is 2.67. The monoisotopic (exact) mass is 277 g/mol. The third-order valence-electron chi connectivity index (χ3n) is 4.38. The number of nitrogens with zero attached hydrogens (tertiary/aromatic N) is 1. The smallest absolute Gasteiger partial charge is 0.337 e. The zero-order chi connectivity index (χ0) is 14.3. The van der Waals surface area contributed by atoms with Gasteiger partial charge in [0.05, 0.1) is 12.1 Å². The third-order valence-corrected chi connectivity index (χ3v) is 4.38. The van der Waals surface area contributed by atoms with Gasteiger partial charge in [0, 0.05) is 12.6 Å². The quantitative estimate of drug-likeness (QED) is 0.769. The molecule has 2 aliphatic heterocycles. The first kappa shape index (κ1) is 13.5. The van der Waals surface area contributed by atoms with E-state index in [1.165, 1.54) is 0 Å². The standard InChI is InChI=1S/C15H19NO4/c1-9(10-5-3-2-4-6-10)16-8-7-11(17)14-12(16)13(18)15(19)20-14/h2-6,9,11-14,17-18H,7-8H2,1H3/t9-,11-,12+,13-,14+/m1/s1. The second-order valence-electron chi connectivity index (χ2n) is 5.52. The highest BCUT2D eigenvalue weighted by molar-refractivity contribution is 5.78. The molecule has 1 aromatic rings. The summed E-state index contributed by atoms with van der Waals surface area (Å²) in [6, 6.07) is 9.52. The molecular weight excluding hydrogens is 258 g/mol. The number of rotatable bonds is 2. The summed E-state index contributed by atoms with van der Waals surface area (Å²) >= 11 is 0. The number of aliphatic hydroxyl groups is 2. The highest BCUT2D eigenvalue weighted by Crippen LogP contribution is 2.35. The first-order valence-corrected chi connectivity index (χ1v) is 6.97. The Labute approximate surface area is 117 Å². The Bertz CT molecular complexity index is 492. The van der Waals surface area contributed by atoms with Gasteiger partial charge in [-0.1, -0.05) is 30.3 Å². The first-order valence-electron chi connectivity index (χ1n) is 6.97. The maximum absolute atomic E-state index is 11.6. The van der Waals surface area contributed by atoms with E-state index < -0.39 is 30.3 Å². The molecule has 2 aliphatic rings. The largest absolute Gasteiger partial charge is 0.456 e. The Morgan fingerprint density at radius 1 is 1.30 bits per heavy atom. The highest BCUT2D eigenvalue weighted by atomic mass is 16.6. The zero-order valence-electron chi connectivity index (χ0n) is 11.3. The van der Waals surface area contributed by atoms with Gasteiger partial charge in [-0.2, -0.15) is 0 Å². The molecule has 2 N–H and O–H groups in total. The lowest BCUT2D eigenvalue weighted by molar-refractivity contribution is -0.151. The fraction of sp³-hybridized carbons (Fsp3) is 0.533. The number of esters is 1. The average molecular weight is 277 g/mol. The van der Waals surface area contributed by atoms with E-state index in [-0.39, 0.29) is 6.04 Å². The van der Waals surface area contributed by atoms with E-state index in [4.69, 9.17) is 4.74 Å². The van der Waals surface area contributed by atoms with Crippen LogP contribution in [0.15, 0.2) is 30.3 Å². The number of benzene rings is 1. The van der Waals surface area contributed by atoms with E-state index in [1.54, 1.807) is 0 Å². The maximum Gasteiger partial charge on any atom is 0.337 e. The molecule has 5 atom stereocenters. The van der Waals surface area contributed by atoms with Gasteiger partial charge in [-0.3, -0.25) is 4.90 Å². The van der Waals surface area contributed by atoms with Gasteiger partial charge < -0.3 is 14.9 Å². The predicted molar refractivity (Wildman–Crippen MR) is 71.9 cm³/mol. The molecule has 2 saturated heterocycles. The molecule has 0 bridgehead atoms. The summed E-state index contributed by atoms with van der Waals surface area (Å²) in [5.74, 6) is -0.633. The Morgan fingerprint density at radius 3 is 2.70 bits per heavy atom. The summed E-state index contributed by atoms with van der Waals surface area (Å²) in [5.41, 5.74) is 1.12. The van der Waals surface area contributed by atoms with Gasteiger partial charge in [0.1, 0.15) is 6.10 Å². The fourth-order valence-electron chi connectivity index (χ4n) is 3.24. The van der Waals surface area contributed by atoms with Gasteiger partial charge in [-0.25, -0.2) is 4.79 Å². The minimum Gasteiger partial charge on any atom is -0.456 e. The van der Waals surface area contributed by atoms with Crippen molar-refractivity contribution in [1.82, 2.24) is 4.90 Å². The number of ether oxygens (including phenoxy) is 1. The van der Waals surface area contributed by atoms with Crippen LogP contribution in [0.25, 0.3) is 0 Å². The van der Waals surface area contributed by atoms with Gasteiger partial charge >= 0.3 is 5.97 Å². The number of carbonyl (C=O) groups excluding carboxylic acids is 1. The second-order valence-corrected chi connectivity index (χ2v) is 5.52. The van der Waals surface area contributed by atoms with Crippen molar-refractivity contribution in [2.75, 3.05) is 6.54 Å². The minimum atomic E-state index is -1.18. The van der Waals surface area contributed by atoms with Crippen LogP contribution in [-0.2, 0) is 9.53 Å². The van der Waals surface area contributed by atoms with Crippen molar-refractivity contribution in [3.05, 3.63) is 35.9 Å². The van der Waals surface area contributed by atoms with Crippen LogP contribution in [0.1, 0.15) is 24.9 Å². The molecule has 2 heterocycles. The summed E-state index contributed by atoms with van der Waals surface area (Å²) in [7, 11) is 0. The van der Waals surface area contributed by atoms with Crippen molar-refractivity contribution >= 4 is 5.97 Å². The zero-order valence-corrected chi connectivity index (χ0v) is 11.3. The number of likely N-dealkylation sites (tertiary alicyclic amines) is 1. The Hall–Kier alpha value is -1.43. The Kier molecular flexibility index (Phi) is 3.50. The van der Waals surface area contributed by atoms with Crippen LogP contribution in [0.2, 0.25) is 0 Å². The fourth-order valence-corrected chi connectivity index (χ4v) is 3.24. The maximum atomic E-state index is 11.6. The molecule has 0 saturated carbocycles. The van der Waals surface area contributed by atoms with E-state index in [9.17, 15) is 15.0 Å². The molecule has 0 spiro atoms. The third kappa shape index (κ3) is 2.12. The molecule has 5 nitrogen and oxygen atoms in total. The summed E-state index contributed by atoms with van der Waals surface area (Å²) in [6.07, 6.45) is -1.96. The van der Waals surface area contributed by atoms with Crippen molar-refractivity contribution in [2.45, 2.75) is 43.7 Å². The summed E-state index contributed by atoms with van der Waals surface area (Å²) in [4.78, 5) is 13.6. The molecule has 1 aromatic carbocycles. The summed E-state index contributed by atoms with van der Waals surface area (Å²) < 4.78 is 5.13. The molecule has 20 heavy (non-hydrogen) atoms. The lowest BCUT2D eigenvalue weighted by atomic mass is 9.91. The molecule has 5 heteroatoms. The van der Waals surface area contributed by atoms with Gasteiger partial charge in [0.15, 0.2) is 6.10 Å². The van der Waals surface area contributed by atoms with Gasteiger partial charge in [-0.15, -0.1) is 0 Å². The van der Waals surface area contributed by atoms with Gasteiger partial charge in [0.25, 0.3) is 0 Å². The van der Waals surface area contributed by atoms with Gasteiger partial charge in [-0.05, 0) is 18.9 Å². The average Bonchev–Trinajstić information content (AvgIpc) is 2.77. The number of aliphatic hydroxyl groups excluding tert-OH is 2. The molecule has 0 aliphatic carbocycles. The topological polar surface area (TPSA) is 70.0 Å². The van der Waals surface area contributed by atoms with E-state index >= 15 is 0 Å².